The lowest BCUT2D eigenvalue weighted by molar-refractivity contribution is -0.117. The fourth-order valence-corrected chi connectivity index (χ4v) is 2.75. The fraction of sp³-hybridized carbons (Fsp3) is 0.318. The second-order valence-corrected chi connectivity index (χ2v) is 6.72. The minimum absolute atomic E-state index is 0. The van der Waals surface area contributed by atoms with Crippen LogP contribution in [0.15, 0.2) is 53.5 Å². The summed E-state index contributed by atoms with van der Waals surface area (Å²) in [5, 5.41) is 5.76. The van der Waals surface area contributed by atoms with Crippen LogP contribution in [-0.4, -0.2) is 49.9 Å². The van der Waals surface area contributed by atoms with Crippen molar-refractivity contribution in [3.63, 3.8) is 0 Å². The molecular formula is C22H30IN5O3. The SMILES string of the molecule is CCNC(=NCc1ccc(C(=O)NCC(N)=O)cc1)N(C)Cc1ccc(OC)cc1.I. The molecule has 168 valence electrons. The number of nitrogens with two attached hydrogens (primary N) is 1. The van der Waals surface area contributed by atoms with Gasteiger partial charge in [0.1, 0.15) is 5.75 Å². The third-order valence-corrected chi connectivity index (χ3v) is 4.33. The maximum atomic E-state index is 11.9. The Bertz CT molecular complexity index is 870. The highest BCUT2D eigenvalue weighted by molar-refractivity contribution is 14.0. The van der Waals surface area contributed by atoms with Crippen molar-refractivity contribution in [3.8, 4) is 5.75 Å². The van der Waals surface area contributed by atoms with Gasteiger partial charge >= 0.3 is 0 Å². The second kappa shape index (κ2) is 13.5. The summed E-state index contributed by atoms with van der Waals surface area (Å²) >= 11 is 0. The van der Waals surface area contributed by atoms with Crippen molar-refractivity contribution in [3.05, 3.63) is 65.2 Å². The summed E-state index contributed by atoms with van der Waals surface area (Å²) in [6.45, 7) is 3.77. The number of rotatable bonds is 9. The number of aliphatic imine (C=N–C) groups is 1. The van der Waals surface area contributed by atoms with E-state index in [0.717, 1.165) is 29.4 Å². The van der Waals surface area contributed by atoms with Gasteiger partial charge < -0.3 is 26.0 Å². The third-order valence-electron chi connectivity index (χ3n) is 4.33. The average Bonchev–Trinajstić information content (AvgIpc) is 2.75. The van der Waals surface area contributed by atoms with E-state index in [0.29, 0.717) is 18.7 Å². The van der Waals surface area contributed by atoms with Crippen molar-refractivity contribution in [1.82, 2.24) is 15.5 Å². The standard InChI is InChI=1S/C22H29N5O3.HI/c1-4-24-22(27(2)15-17-7-11-19(30-3)12-8-17)26-13-16-5-9-18(10-6-16)21(29)25-14-20(23)28;/h5-12H,4,13-15H2,1-3H3,(H2,23,28)(H,24,26)(H,25,29);1H. The predicted octanol–water partition coefficient (Wildman–Crippen LogP) is 2.13. The zero-order valence-electron chi connectivity index (χ0n) is 18.1. The molecule has 2 amide bonds. The Morgan fingerprint density at radius 1 is 1.03 bits per heavy atom. The molecule has 0 aliphatic rings. The van der Waals surface area contributed by atoms with Crippen molar-refractivity contribution in [2.75, 3.05) is 27.2 Å². The van der Waals surface area contributed by atoms with E-state index in [1.807, 2.05) is 50.4 Å². The first-order valence-electron chi connectivity index (χ1n) is 9.70. The van der Waals surface area contributed by atoms with Gasteiger partial charge in [-0.15, -0.1) is 24.0 Å². The number of amides is 2. The van der Waals surface area contributed by atoms with Gasteiger partial charge in [-0.3, -0.25) is 9.59 Å². The smallest absolute Gasteiger partial charge is 0.251 e. The van der Waals surface area contributed by atoms with Gasteiger partial charge in [0.15, 0.2) is 5.96 Å². The third kappa shape index (κ3) is 8.83. The van der Waals surface area contributed by atoms with Crippen LogP contribution in [0.25, 0.3) is 0 Å². The first kappa shape index (κ1) is 26.2. The molecule has 0 saturated heterocycles. The number of carbonyl (C=O) groups excluding carboxylic acids is 2. The highest BCUT2D eigenvalue weighted by Crippen LogP contribution is 2.13. The summed E-state index contributed by atoms with van der Waals surface area (Å²) in [4.78, 5) is 29.5. The largest absolute Gasteiger partial charge is 0.497 e. The first-order valence-corrected chi connectivity index (χ1v) is 9.70. The molecule has 0 aromatic heterocycles. The Morgan fingerprint density at radius 3 is 2.19 bits per heavy atom. The van der Waals surface area contributed by atoms with Crippen molar-refractivity contribution >= 4 is 41.8 Å². The topological polar surface area (TPSA) is 109 Å². The Labute approximate surface area is 200 Å². The number of ether oxygens (including phenoxy) is 1. The molecule has 0 spiro atoms. The van der Waals surface area contributed by atoms with Crippen LogP contribution in [0.3, 0.4) is 0 Å². The van der Waals surface area contributed by atoms with Crippen LogP contribution in [0.4, 0.5) is 0 Å². The molecule has 0 heterocycles. The number of primary amides is 1. The molecule has 2 rings (SSSR count). The molecule has 0 radical (unpaired) electrons. The Hall–Kier alpha value is -2.82. The van der Waals surface area contributed by atoms with E-state index in [4.69, 9.17) is 15.5 Å². The van der Waals surface area contributed by atoms with Crippen LogP contribution in [0, 0.1) is 0 Å². The second-order valence-electron chi connectivity index (χ2n) is 6.72. The summed E-state index contributed by atoms with van der Waals surface area (Å²) in [6.07, 6.45) is 0. The molecule has 8 nitrogen and oxygen atoms in total. The molecule has 9 heteroatoms. The summed E-state index contributed by atoms with van der Waals surface area (Å²) in [7, 11) is 3.63. The molecule has 0 saturated carbocycles. The molecule has 0 aliphatic heterocycles. The Balaban J connectivity index is 0.00000480. The van der Waals surface area contributed by atoms with Crippen LogP contribution < -0.4 is 21.1 Å². The van der Waals surface area contributed by atoms with Crippen LogP contribution in [-0.2, 0) is 17.9 Å². The van der Waals surface area contributed by atoms with Gasteiger partial charge in [0.05, 0.1) is 20.2 Å². The van der Waals surface area contributed by atoms with Gasteiger partial charge in [-0.25, -0.2) is 4.99 Å². The van der Waals surface area contributed by atoms with E-state index in [2.05, 4.69) is 15.5 Å². The number of nitrogens with zero attached hydrogens (tertiary/aromatic N) is 2. The zero-order valence-corrected chi connectivity index (χ0v) is 20.4. The van der Waals surface area contributed by atoms with Crippen LogP contribution in [0.1, 0.15) is 28.4 Å². The summed E-state index contributed by atoms with van der Waals surface area (Å²) in [5.74, 6) is 0.700. The molecule has 0 aliphatic carbocycles. The molecule has 31 heavy (non-hydrogen) atoms. The Kier molecular flexibility index (Phi) is 11.4. The van der Waals surface area contributed by atoms with E-state index in [9.17, 15) is 9.59 Å². The molecule has 2 aromatic carbocycles. The Morgan fingerprint density at radius 2 is 1.65 bits per heavy atom. The van der Waals surface area contributed by atoms with Crippen LogP contribution in [0.5, 0.6) is 5.75 Å². The number of hydrogen-bond acceptors (Lipinski definition) is 4. The maximum absolute atomic E-state index is 11.9. The van der Waals surface area contributed by atoms with Gasteiger partial charge in [0, 0.05) is 25.7 Å². The fourth-order valence-electron chi connectivity index (χ4n) is 2.75. The van der Waals surface area contributed by atoms with Crippen LogP contribution in [0.2, 0.25) is 0 Å². The molecule has 2 aromatic rings. The highest BCUT2D eigenvalue weighted by atomic mass is 127. The monoisotopic (exact) mass is 539 g/mol. The highest BCUT2D eigenvalue weighted by Gasteiger charge is 2.08. The van der Waals surface area contributed by atoms with Crippen molar-refractivity contribution in [2.24, 2.45) is 10.7 Å². The van der Waals surface area contributed by atoms with E-state index < -0.39 is 5.91 Å². The van der Waals surface area contributed by atoms with Crippen molar-refractivity contribution < 1.29 is 14.3 Å². The number of nitrogens with one attached hydrogen (secondary N) is 2. The van der Waals surface area contributed by atoms with Gasteiger partial charge in [0.25, 0.3) is 5.91 Å². The zero-order chi connectivity index (χ0) is 21.9. The maximum Gasteiger partial charge on any atom is 0.251 e. The van der Waals surface area contributed by atoms with E-state index in [1.54, 1.807) is 19.2 Å². The summed E-state index contributed by atoms with van der Waals surface area (Å²) < 4.78 is 5.20. The van der Waals surface area contributed by atoms with Gasteiger partial charge in [0.2, 0.25) is 5.91 Å². The van der Waals surface area contributed by atoms with E-state index in [-0.39, 0.29) is 36.4 Å². The first-order chi connectivity index (χ1) is 14.4. The van der Waals surface area contributed by atoms with E-state index in [1.165, 1.54) is 0 Å². The minimum Gasteiger partial charge on any atom is -0.497 e. The number of benzene rings is 2. The van der Waals surface area contributed by atoms with Gasteiger partial charge in [-0.1, -0.05) is 24.3 Å². The molecular weight excluding hydrogens is 509 g/mol. The molecule has 4 N–H and O–H groups in total. The number of hydrogen-bond donors (Lipinski definition) is 3. The number of guanidine groups is 1. The summed E-state index contributed by atoms with van der Waals surface area (Å²) in [5.41, 5.74) is 7.62. The van der Waals surface area contributed by atoms with E-state index >= 15 is 0 Å². The summed E-state index contributed by atoms with van der Waals surface area (Å²) in [6, 6.07) is 15.0. The quantitative estimate of drug-likeness (QED) is 0.257. The molecule has 0 fully saturated rings. The van der Waals surface area contributed by atoms with Crippen LogP contribution >= 0.6 is 24.0 Å². The normalized spacial score (nSPS) is 10.6. The number of methoxy groups -OCH3 is 1. The number of halogens is 1. The van der Waals surface area contributed by atoms with Gasteiger partial charge in [-0.2, -0.15) is 0 Å². The van der Waals surface area contributed by atoms with Crippen molar-refractivity contribution in [1.29, 1.82) is 0 Å². The predicted molar refractivity (Wildman–Crippen MR) is 133 cm³/mol. The average molecular weight is 539 g/mol. The number of carbonyl (C=O) groups is 2. The molecule has 0 bridgehead atoms. The lowest BCUT2D eigenvalue weighted by Crippen LogP contribution is -2.38. The lowest BCUT2D eigenvalue weighted by Gasteiger charge is -2.22. The minimum atomic E-state index is -0.580. The molecule has 0 unspecified atom stereocenters. The lowest BCUT2D eigenvalue weighted by atomic mass is 10.1. The van der Waals surface area contributed by atoms with Crippen molar-refractivity contribution in [2.45, 2.75) is 20.0 Å². The molecule has 0 atom stereocenters. The van der Waals surface area contributed by atoms with Gasteiger partial charge in [-0.05, 0) is 42.3 Å².